The molecule has 1 rings (SSSR count). The van der Waals surface area contributed by atoms with Crippen LogP contribution in [0.2, 0.25) is 0 Å². The van der Waals surface area contributed by atoms with E-state index in [1.807, 2.05) is 38.1 Å². The number of hydrogen-bond donors (Lipinski definition) is 3. The molecule has 0 aliphatic carbocycles. The maximum absolute atomic E-state index is 11.5. The molecular weight excluding hydrogens is 204 g/mol. The summed E-state index contributed by atoms with van der Waals surface area (Å²) >= 11 is 0. The second kappa shape index (κ2) is 6.12. The Morgan fingerprint density at radius 1 is 1.50 bits per heavy atom. The minimum atomic E-state index is -0.244. The number of nitrogens with one attached hydrogen (secondary N) is 2. The lowest BCUT2D eigenvalue weighted by molar-refractivity contribution is 0.241. The van der Waals surface area contributed by atoms with Crippen molar-refractivity contribution in [3.63, 3.8) is 0 Å². The Balaban J connectivity index is 2.45. The predicted octanol–water partition coefficient (Wildman–Crippen LogP) is 1.89. The number of rotatable bonds is 4. The van der Waals surface area contributed by atoms with Crippen LogP contribution in [-0.4, -0.2) is 23.8 Å². The molecule has 1 unspecified atom stereocenters. The van der Waals surface area contributed by atoms with E-state index in [9.17, 15) is 4.79 Å². The summed E-state index contributed by atoms with van der Waals surface area (Å²) in [4.78, 5) is 11.5. The van der Waals surface area contributed by atoms with Gasteiger partial charge in [-0.05, 0) is 38.0 Å². The molecule has 1 aromatic rings. The zero-order valence-corrected chi connectivity index (χ0v) is 9.66. The van der Waals surface area contributed by atoms with Gasteiger partial charge in [-0.3, -0.25) is 0 Å². The van der Waals surface area contributed by atoms with Crippen LogP contribution in [0.3, 0.4) is 0 Å². The Morgan fingerprint density at radius 3 is 2.88 bits per heavy atom. The summed E-state index contributed by atoms with van der Waals surface area (Å²) in [5.41, 5.74) is 1.87. The molecule has 0 spiro atoms. The van der Waals surface area contributed by atoms with Crippen molar-refractivity contribution >= 4 is 11.7 Å². The molecule has 2 amide bonds. The number of carbonyl (C=O) groups is 1. The highest BCUT2D eigenvalue weighted by Gasteiger charge is 2.06. The molecule has 4 heteroatoms. The van der Waals surface area contributed by atoms with E-state index in [0.717, 1.165) is 11.3 Å². The van der Waals surface area contributed by atoms with E-state index in [2.05, 4.69) is 10.6 Å². The predicted molar refractivity (Wildman–Crippen MR) is 64.5 cm³/mol. The van der Waals surface area contributed by atoms with Crippen molar-refractivity contribution in [2.45, 2.75) is 26.3 Å². The van der Waals surface area contributed by atoms with Gasteiger partial charge in [0.1, 0.15) is 0 Å². The fraction of sp³-hybridized carbons (Fsp3) is 0.417. The Morgan fingerprint density at radius 2 is 2.25 bits per heavy atom. The van der Waals surface area contributed by atoms with Crippen LogP contribution < -0.4 is 10.6 Å². The average Bonchev–Trinajstić information content (AvgIpc) is 2.17. The topological polar surface area (TPSA) is 61.4 Å². The molecule has 0 fully saturated rings. The van der Waals surface area contributed by atoms with Gasteiger partial charge in [0.05, 0.1) is 0 Å². The van der Waals surface area contributed by atoms with Crippen molar-refractivity contribution < 1.29 is 9.90 Å². The number of amides is 2. The fourth-order valence-electron chi connectivity index (χ4n) is 1.38. The van der Waals surface area contributed by atoms with Gasteiger partial charge in [-0.2, -0.15) is 0 Å². The summed E-state index contributed by atoms with van der Waals surface area (Å²) in [6, 6.07) is 7.32. The molecular formula is C12H18N2O2. The number of hydrogen-bond acceptors (Lipinski definition) is 2. The first-order chi connectivity index (χ1) is 7.61. The molecule has 0 aromatic heterocycles. The summed E-state index contributed by atoms with van der Waals surface area (Å²) < 4.78 is 0. The molecule has 4 nitrogen and oxygen atoms in total. The number of anilines is 1. The van der Waals surface area contributed by atoms with Crippen molar-refractivity contribution in [3.05, 3.63) is 29.8 Å². The van der Waals surface area contributed by atoms with Gasteiger partial charge in [0.15, 0.2) is 0 Å². The molecule has 3 N–H and O–H groups in total. The first-order valence-electron chi connectivity index (χ1n) is 5.37. The smallest absolute Gasteiger partial charge is 0.319 e. The van der Waals surface area contributed by atoms with Crippen LogP contribution in [0.15, 0.2) is 24.3 Å². The van der Waals surface area contributed by atoms with E-state index in [1.54, 1.807) is 0 Å². The lowest BCUT2D eigenvalue weighted by atomic mass is 10.2. The molecule has 1 atom stereocenters. The quantitative estimate of drug-likeness (QED) is 0.728. The second-order valence-electron chi connectivity index (χ2n) is 3.88. The molecule has 0 saturated heterocycles. The number of carbonyl (C=O) groups excluding carboxylic acids is 1. The third-order valence-electron chi connectivity index (χ3n) is 2.22. The van der Waals surface area contributed by atoms with Crippen molar-refractivity contribution in [1.29, 1.82) is 0 Å². The molecule has 88 valence electrons. The molecule has 0 radical (unpaired) electrons. The molecule has 0 aliphatic heterocycles. The number of aryl methyl sites for hydroxylation is 1. The molecule has 1 aromatic carbocycles. The first kappa shape index (κ1) is 12.5. The largest absolute Gasteiger partial charge is 0.396 e. The van der Waals surface area contributed by atoms with Crippen molar-refractivity contribution in [2.24, 2.45) is 0 Å². The van der Waals surface area contributed by atoms with Crippen LogP contribution in [0, 0.1) is 6.92 Å². The summed E-state index contributed by atoms with van der Waals surface area (Å²) in [5.74, 6) is 0. The lowest BCUT2D eigenvalue weighted by Gasteiger charge is -2.13. The van der Waals surface area contributed by atoms with E-state index in [4.69, 9.17) is 5.11 Å². The highest BCUT2D eigenvalue weighted by atomic mass is 16.3. The standard InChI is InChI=1S/C12H18N2O2/c1-9-4-3-5-11(8-9)14-12(16)13-10(2)6-7-15/h3-5,8,10,15H,6-7H2,1-2H3,(H2,13,14,16). The van der Waals surface area contributed by atoms with Gasteiger partial charge in [-0.25, -0.2) is 4.79 Å². The normalized spacial score (nSPS) is 11.9. The average molecular weight is 222 g/mol. The maximum Gasteiger partial charge on any atom is 0.319 e. The Bertz CT molecular complexity index is 353. The minimum absolute atomic E-state index is 0.0326. The van der Waals surface area contributed by atoms with E-state index in [1.165, 1.54) is 0 Å². The van der Waals surface area contributed by atoms with E-state index in [0.29, 0.717) is 6.42 Å². The van der Waals surface area contributed by atoms with Gasteiger partial charge in [0, 0.05) is 18.3 Å². The Labute approximate surface area is 95.7 Å². The fourth-order valence-corrected chi connectivity index (χ4v) is 1.38. The summed E-state index contributed by atoms with van der Waals surface area (Å²) in [6.07, 6.45) is 0.557. The first-order valence-corrected chi connectivity index (χ1v) is 5.37. The maximum atomic E-state index is 11.5. The number of aliphatic hydroxyl groups is 1. The zero-order valence-electron chi connectivity index (χ0n) is 9.66. The van der Waals surface area contributed by atoms with Crippen LogP contribution in [0.5, 0.6) is 0 Å². The Kier molecular flexibility index (Phi) is 4.79. The van der Waals surface area contributed by atoms with Crippen LogP contribution in [0.4, 0.5) is 10.5 Å². The van der Waals surface area contributed by atoms with Gasteiger partial charge in [-0.1, -0.05) is 12.1 Å². The second-order valence-corrected chi connectivity index (χ2v) is 3.88. The van der Waals surface area contributed by atoms with E-state index >= 15 is 0 Å². The number of aliphatic hydroxyl groups excluding tert-OH is 1. The SMILES string of the molecule is Cc1cccc(NC(=O)NC(C)CCO)c1. The summed E-state index contributed by atoms with van der Waals surface area (Å²) in [7, 11) is 0. The molecule has 0 aliphatic rings. The van der Waals surface area contributed by atoms with E-state index in [-0.39, 0.29) is 18.7 Å². The number of urea groups is 1. The minimum Gasteiger partial charge on any atom is -0.396 e. The summed E-state index contributed by atoms with van der Waals surface area (Å²) in [6.45, 7) is 3.90. The molecule has 16 heavy (non-hydrogen) atoms. The summed E-state index contributed by atoms with van der Waals surface area (Å²) in [5, 5.41) is 14.2. The van der Waals surface area contributed by atoms with Crippen LogP contribution in [0.25, 0.3) is 0 Å². The van der Waals surface area contributed by atoms with Crippen LogP contribution in [0.1, 0.15) is 18.9 Å². The third-order valence-corrected chi connectivity index (χ3v) is 2.22. The Hall–Kier alpha value is -1.55. The van der Waals surface area contributed by atoms with Crippen LogP contribution >= 0.6 is 0 Å². The zero-order chi connectivity index (χ0) is 12.0. The van der Waals surface area contributed by atoms with Crippen molar-refractivity contribution in [1.82, 2.24) is 5.32 Å². The van der Waals surface area contributed by atoms with Crippen molar-refractivity contribution in [3.8, 4) is 0 Å². The lowest BCUT2D eigenvalue weighted by Crippen LogP contribution is -2.36. The van der Waals surface area contributed by atoms with Crippen molar-refractivity contribution in [2.75, 3.05) is 11.9 Å². The van der Waals surface area contributed by atoms with E-state index < -0.39 is 0 Å². The van der Waals surface area contributed by atoms with Gasteiger partial charge in [0.25, 0.3) is 0 Å². The molecule has 0 heterocycles. The van der Waals surface area contributed by atoms with Gasteiger partial charge in [0.2, 0.25) is 0 Å². The molecule has 0 saturated carbocycles. The third kappa shape index (κ3) is 4.31. The highest BCUT2D eigenvalue weighted by molar-refractivity contribution is 5.89. The van der Waals surface area contributed by atoms with Gasteiger partial charge in [-0.15, -0.1) is 0 Å². The van der Waals surface area contributed by atoms with Gasteiger partial charge < -0.3 is 15.7 Å². The van der Waals surface area contributed by atoms with Gasteiger partial charge >= 0.3 is 6.03 Å². The highest BCUT2D eigenvalue weighted by Crippen LogP contribution is 2.09. The number of benzene rings is 1. The van der Waals surface area contributed by atoms with Crippen LogP contribution in [-0.2, 0) is 0 Å². The molecule has 0 bridgehead atoms. The monoisotopic (exact) mass is 222 g/mol.